The minimum absolute atomic E-state index is 0.120. The van der Waals surface area contributed by atoms with E-state index >= 15 is 0 Å². The highest BCUT2D eigenvalue weighted by atomic mass is 35.5. The number of nitrogens with one attached hydrogen (secondary N) is 1. The van der Waals surface area contributed by atoms with Crippen LogP contribution < -0.4 is 15.1 Å². The summed E-state index contributed by atoms with van der Waals surface area (Å²) in [6.07, 6.45) is 1.53. The summed E-state index contributed by atoms with van der Waals surface area (Å²) >= 11 is 12.0. The molecule has 0 aliphatic carbocycles. The third-order valence-corrected chi connectivity index (χ3v) is 6.36. The minimum Gasteiger partial charge on any atom is -0.489 e. The van der Waals surface area contributed by atoms with Crippen molar-refractivity contribution in [1.29, 1.82) is 0 Å². The molecule has 1 aliphatic heterocycles. The number of rotatable bonds is 7. The van der Waals surface area contributed by atoms with Crippen molar-refractivity contribution >= 4 is 57.7 Å². The molecule has 0 bridgehead atoms. The molecule has 4 aromatic rings. The Morgan fingerprint density at radius 2 is 1.74 bits per heavy atom. The van der Waals surface area contributed by atoms with E-state index in [-0.39, 0.29) is 18.4 Å². The van der Waals surface area contributed by atoms with Crippen LogP contribution in [0.5, 0.6) is 5.75 Å². The van der Waals surface area contributed by atoms with Crippen LogP contribution in [0.25, 0.3) is 10.8 Å². The first-order valence-corrected chi connectivity index (χ1v) is 11.6. The molecule has 35 heavy (non-hydrogen) atoms. The van der Waals surface area contributed by atoms with Crippen LogP contribution in [-0.4, -0.2) is 24.6 Å². The van der Waals surface area contributed by atoms with Crippen molar-refractivity contribution in [3.63, 3.8) is 0 Å². The molecule has 1 N–H and O–H groups in total. The van der Waals surface area contributed by atoms with E-state index in [1.54, 1.807) is 18.2 Å². The molecular formula is C27H19Cl2N3O3. The lowest BCUT2D eigenvalue weighted by atomic mass is 10.1. The van der Waals surface area contributed by atoms with Crippen LogP contribution in [0.1, 0.15) is 21.5 Å². The van der Waals surface area contributed by atoms with E-state index in [2.05, 4.69) is 10.5 Å². The number of hydrazone groups is 1. The number of carbonyl (C=O) groups is 2. The number of hydrogen-bond acceptors (Lipinski definition) is 4. The molecule has 4 aromatic carbocycles. The van der Waals surface area contributed by atoms with Gasteiger partial charge in [-0.2, -0.15) is 5.10 Å². The number of amides is 2. The highest BCUT2D eigenvalue weighted by molar-refractivity contribution is 6.42. The SMILES string of the molecule is O=C(CN1C(=O)c2cccc3cccc1c23)N/N=C/c1ccc(OCc2ccc(Cl)c(Cl)c2)cc1. The molecule has 1 heterocycles. The normalized spacial score (nSPS) is 12.5. The molecule has 0 saturated heterocycles. The van der Waals surface area contributed by atoms with E-state index in [0.717, 1.165) is 27.6 Å². The van der Waals surface area contributed by atoms with Crippen molar-refractivity contribution in [2.24, 2.45) is 5.10 Å². The van der Waals surface area contributed by atoms with Crippen molar-refractivity contribution in [1.82, 2.24) is 5.43 Å². The topological polar surface area (TPSA) is 71.0 Å². The van der Waals surface area contributed by atoms with Crippen LogP contribution in [0.4, 0.5) is 5.69 Å². The number of ether oxygens (including phenoxy) is 1. The van der Waals surface area contributed by atoms with Gasteiger partial charge in [-0.1, -0.05) is 53.5 Å². The standard InChI is InChI=1S/C27H19Cl2N3O3/c28-22-12-9-18(13-23(22)29)16-35-20-10-7-17(8-11-20)14-30-31-25(33)15-32-24-6-2-4-19-3-1-5-21(26(19)24)27(32)34/h1-14H,15-16H2,(H,31,33)/b30-14+. The number of anilines is 1. The fourth-order valence-corrected chi connectivity index (χ4v) is 4.26. The van der Waals surface area contributed by atoms with Gasteiger partial charge >= 0.3 is 0 Å². The molecule has 1 aliphatic rings. The van der Waals surface area contributed by atoms with Gasteiger partial charge in [0.2, 0.25) is 0 Å². The molecule has 5 rings (SSSR count). The second kappa shape index (κ2) is 9.78. The Bertz CT molecular complexity index is 1460. The van der Waals surface area contributed by atoms with Gasteiger partial charge in [-0.3, -0.25) is 14.5 Å². The average Bonchev–Trinajstić information content (AvgIpc) is 3.13. The molecule has 0 saturated carbocycles. The first-order valence-electron chi connectivity index (χ1n) is 10.8. The third-order valence-electron chi connectivity index (χ3n) is 5.62. The molecule has 8 heteroatoms. The van der Waals surface area contributed by atoms with Gasteiger partial charge < -0.3 is 4.74 Å². The molecule has 174 valence electrons. The number of halogens is 2. The van der Waals surface area contributed by atoms with Crippen molar-refractivity contribution in [3.05, 3.63) is 106 Å². The Labute approximate surface area is 211 Å². The van der Waals surface area contributed by atoms with Gasteiger partial charge in [0.25, 0.3) is 11.8 Å². The maximum Gasteiger partial charge on any atom is 0.260 e. The molecule has 0 aromatic heterocycles. The van der Waals surface area contributed by atoms with Crippen LogP contribution in [-0.2, 0) is 11.4 Å². The van der Waals surface area contributed by atoms with Crippen molar-refractivity contribution < 1.29 is 14.3 Å². The van der Waals surface area contributed by atoms with Gasteiger partial charge in [-0.05, 0) is 65.0 Å². The van der Waals surface area contributed by atoms with E-state index in [9.17, 15) is 9.59 Å². The third kappa shape index (κ3) is 4.85. The van der Waals surface area contributed by atoms with Gasteiger partial charge in [0.1, 0.15) is 18.9 Å². The number of hydrogen-bond donors (Lipinski definition) is 1. The maximum absolute atomic E-state index is 12.8. The molecule has 0 unspecified atom stereocenters. The summed E-state index contributed by atoms with van der Waals surface area (Å²) in [5.41, 5.74) is 5.52. The highest BCUT2D eigenvalue weighted by Crippen LogP contribution is 2.36. The highest BCUT2D eigenvalue weighted by Gasteiger charge is 2.30. The maximum atomic E-state index is 12.8. The summed E-state index contributed by atoms with van der Waals surface area (Å²) in [5.74, 6) is 0.104. The fourth-order valence-electron chi connectivity index (χ4n) is 3.94. The monoisotopic (exact) mass is 503 g/mol. The molecule has 2 amide bonds. The lowest BCUT2D eigenvalue weighted by Gasteiger charge is -2.16. The van der Waals surface area contributed by atoms with Crippen LogP contribution in [0, 0.1) is 0 Å². The average molecular weight is 504 g/mol. The van der Waals surface area contributed by atoms with Crippen LogP contribution >= 0.6 is 23.2 Å². The summed E-state index contributed by atoms with van der Waals surface area (Å²) in [6, 6.07) is 23.9. The van der Waals surface area contributed by atoms with Crippen LogP contribution in [0.15, 0.2) is 84.0 Å². The summed E-state index contributed by atoms with van der Waals surface area (Å²) < 4.78 is 5.77. The lowest BCUT2D eigenvalue weighted by molar-refractivity contribution is -0.119. The van der Waals surface area contributed by atoms with E-state index in [1.807, 2.05) is 60.7 Å². The molecule has 0 radical (unpaired) electrons. The zero-order valence-corrected chi connectivity index (χ0v) is 19.9. The second-order valence-corrected chi connectivity index (χ2v) is 8.79. The Morgan fingerprint density at radius 1 is 0.971 bits per heavy atom. The minimum atomic E-state index is -0.388. The van der Waals surface area contributed by atoms with Gasteiger partial charge in [0.15, 0.2) is 0 Å². The van der Waals surface area contributed by atoms with E-state index < -0.39 is 0 Å². The molecule has 0 atom stereocenters. The summed E-state index contributed by atoms with van der Waals surface area (Å²) in [6.45, 7) is 0.235. The van der Waals surface area contributed by atoms with Gasteiger partial charge in [-0.15, -0.1) is 0 Å². The summed E-state index contributed by atoms with van der Waals surface area (Å²) in [7, 11) is 0. The molecular weight excluding hydrogens is 485 g/mol. The van der Waals surface area contributed by atoms with Crippen LogP contribution in [0.3, 0.4) is 0 Å². The van der Waals surface area contributed by atoms with Crippen molar-refractivity contribution in [3.8, 4) is 5.75 Å². The predicted octanol–water partition coefficient (Wildman–Crippen LogP) is 5.84. The Hall–Kier alpha value is -3.87. The smallest absolute Gasteiger partial charge is 0.260 e. The lowest BCUT2D eigenvalue weighted by Crippen LogP contribution is -2.37. The first kappa shape index (κ1) is 22.9. The zero-order chi connectivity index (χ0) is 24.4. The Kier molecular flexibility index (Phi) is 6.40. The van der Waals surface area contributed by atoms with Crippen LogP contribution in [0.2, 0.25) is 10.0 Å². The van der Waals surface area contributed by atoms with Gasteiger partial charge in [0, 0.05) is 10.9 Å². The van der Waals surface area contributed by atoms with Crippen molar-refractivity contribution in [2.45, 2.75) is 6.61 Å². The Morgan fingerprint density at radius 3 is 2.51 bits per heavy atom. The predicted molar refractivity (Wildman–Crippen MR) is 139 cm³/mol. The van der Waals surface area contributed by atoms with Gasteiger partial charge in [-0.25, -0.2) is 5.43 Å². The quantitative estimate of drug-likeness (QED) is 0.254. The van der Waals surface area contributed by atoms with Gasteiger partial charge in [0.05, 0.1) is 21.9 Å². The Balaban J connectivity index is 1.16. The number of benzene rings is 4. The van der Waals surface area contributed by atoms with E-state index in [4.69, 9.17) is 27.9 Å². The number of nitrogens with zero attached hydrogens (tertiary/aromatic N) is 2. The van der Waals surface area contributed by atoms with E-state index in [1.165, 1.54) is 11.1 Å². The molecule has 6 nitrogen and oxygen atoms in total. The van der Waals surface area contributed by atoms with Crippen molar-refractivity contribution in [2.75, 3.05) is 11.4 Å². The summed E-state index contributed by atoms with van der Waals surface area (Å²) in [4.78, 5) is 26.7. The van der Waals surface area contributed by atoms with E-state index in [0.29, 0.717) is 28.0 Å². The fraction of sp³-hybridized carbons (Fsp3) is 0.0741. The number of carbonyl (C=O) groups excluding carboxylic acids is 2. The first-order chi connectivity index (χ1) is 17.0. The second-order valence-electron chi connectivity index (χ2n) is 7.97. The largest absolute Gasteiger partial charge is 0.489 e. The summed E-state index contributed by atoms with van der Waals surface area (Å²) in [5, 5.41) is 6.85. The molecule has 0 spiro atoms. The zero-order valence-electron chi connectivity index (χ0n) is 18.4. The molecule has 0 fully saturated rings.